The van der Waals surface area contributed by atoms with Crippen molar-refractivity contribution in [2.24, 2.45) is 0 Å². The quantitative estimate of drug-likeness (QED) is 0.676. The van der Waals surface area contributed by atoms with Crippen LogP contribution >= 0.6 is 0 Å². The molecule has 0 aromatic heterocycles. The Balaban J connectivity index is 2.09. The lowest BCUT2D eigenvalue weighted by atomic mass is 10.1. The van der Waals surface area contributed by atoms with Gasteiger partial charge in [-0.15, -0.1) is 0 Å². The molecular formula is C21H25NO4. The van der Waals surface area contributed by atoms with Gasteiger partial charge in [0.25, 0.3) is 5.91 Å². The Morgan fingerprint density at radius 3 is 2.69 bits per heavy atom. The largest absolute Gasteiger partial charge is 0.493 e. The van der Waals surface area contributed by atoms with Crippen LogP contribution in [0, 0.1) is 0 Å². The number of hydrogen-bond donors (Lipinski definition) is 1. The summed E-state index contributed by atoms with van der Waals surface area (Å²) >= 11 is 0. The Morgan fingerprint density at radius 1 is 1.19 bits per heavy atom. The summed E-state index contributed by atoms with van der Waals surface area (Å²) in [4.78, 5) is 12.5. The van der Waals surface area contributed by atoms with Gasteiger partial charge in [-0.2, -0.15) is 0 Å². The van der Waals surface area contributed by atoms with Gasteiger partial charge in [0.1, 0.15) is 6.61 Å². The zero-order valence-corrected chi connectivity index (χ0v) is 15.5. The molecule has 1 N–H and O–H groups in total. The summed E-state index contributed by atoms with van der Waals surface area (Å²) in [6.45, 7) is 8.46. The third-order valence-corrected chi connectivity index (χ3v) is 3.55. The van der Waals surface area contributed by atoms with Gasteiger partial charge in [0.2, 0.25) is 0 Å². The van der Waals surface area contributed by atoms with E-state index in [4.69, 9.17) is 14.2 Å². The first-order chi connectivity index (χ1) is 12.5. The van der Waals surface area contributed by atoms with E-state index in [1.807, 2.05) is 38.1 Å². The smallest absolute Gasteiger partial charge is 0.255 e. The van der Waals surface area contributed by atoms with E-state index in [0.717, 1.165) is 5.56 Å². The van der Waals surface area contributed by atoms with E-state index in [9.17, 15) is 4.79 Å². The minimum Gasteiger partial charge on any atom is -0.493 e. The average molecular weight is 355 g/mol. The van der Waals surface area contributed by atoms with E-state index in [1.165, 1.54) is 7.11 Å². The molecule has 26 heavy (non-hydrogen) atoms. The molecule has 0 saturated heterocycles. The molecule has 0 spiro atoms. The van der Waals surface area contributed by atoms with E-state index in [-0.39, 0.29) is 12.0 Å². The zero-order valence-electron chi connectivity index (χ0n) is 15.5. The molecule has 5 heteroatoms. The van der Waals surface area contributed by atoms with E-state index in [2.05, 4.69) is 11.9 Å². The first-order valence-corrected chi connectivity index (χ1v) is 8.47. The molecule has 0 radical (unpaired) electrons. The lowest BCUT2D eigenvalue weighted by molar-refractivity contribution is 0.0657. The van der Waals surface area contributed by atoms with Crippen LogP contribution in [0.15, 0.2) is 55.1 Å². The molecule has 0 heterocycles. The third kappa shape index (κ3) is 5.63. The predicted molar refractivity (Wildman–Crippen MR) is 103 cm³/mol. The van der Waals surface area contributed by atoms with Crippen LogP contribution in [-0.4, -0.2) is 25.7 Å². The van der Waals surface area contributed by atoms with Crippen molar-refractivity contribution in [2.45, 2.75) is 26.6 Å². The molecule has 0 aliphatic carbocycles. The molecule has 0 aliphatic rings. The van der Waals surface area contributed by atoms with Crippen LogP contribution in [0.2, 0.25) is 0 Å². The number of amides is 1. The number of nitrogens with one attached hydrogen (secondary N) is 1. The van der Waals surface area contributed by atoms with Gasteiger partial charge >= 0.3 is 0 Å². The van der Waals surface area contributed by atoms with Crippen LogP contribution in [0.5, 0.6) is 11.5 Å². The second-order valence-corrected chi connectivity index (χ2v) is 5.98. The number of carbonyl (C=O) groups excluding carboxylic acids is 1. The molecular weight excluding hydrogens is 330 g/mol. The zero-order chi connectivity index (χ0) is 18.9. The van der Waals surface area contributed by atoms with Gasteiger partial charge in [-0.05, 0) is 49.7 Å². The van der Waals surface area contributed by atoms with Crippen molar-refractivity contribution in [1.82, 2.24) is 0 Å². The number of methoxy groups -OCH3 is 1. The van der Waals surface area contributed by atoms with E-state index < -0.39 is 0 Å². The number of benzene rings is 2. The minimum atomic E-state index is -0.222. The average Bonchev–Trinajstić information content (AvgIpc) is 2.64. The lowest BCUT2D eigenvalue weighted by Gasteiger charge is -2.12. The van der Waals surface area contributed by atoms with Crippen LogP contribution in [0.1, 0.15) is 29.8 Å². The molecule has 138 valence electrons. The van der Waals surface area contributed by atoms with Crippen LogP contribution in [0.25, 0.3) is 0 Å². The van der Waals surface area contributed by atoms with Gasteiger partial charge in [0.05, 0.1) is 19.8 Å². The lowest BCUT2D eigenvalue weighted by Crippen LogP contribution is -2.12. The first-order valence-electron chi connectivity index (χ1n) is 8.47. The number of anilines is 1. The number of rotatable bonds is 9. The Bertz CT molecular complexity index is 755. The van der Waals surface area contributed by atoms with Crippen LogP contribution in [-0.2, 0) is 11.3 Å². The van der Waals surface area contributed by atoms with Crippen molar-refractivity contribution in [3.8, 4) is 11.5 Å². The predicted octanol–water partition coefficient (Wildman–Crippen LogP) is 4.44. The second-order valence-electron chi connectivity index (χ2n) is 5.98. The van der Waals surface area contributed by atoms with Crippen molar-refractivity contribution < 1.29 is 19.0 Å². The maximum atomic E-state index is 12.5. The molecule has 1 amide bonds. The topological polar surface area (TPSA) is 56.8 Å². The summed E-state index contributed by atoms with van der Waals surface area (Å²) < 4.78 is 16.4. The summed E-state index contributed by atoms with van der Waals surface area (Å²) in [6.07, 6.45) is 1.80. The monoisotopic (exact) mass is 355 g/mol. The Labute approximate surface area is 154 Å². The number of ether oxygens (including phenoxy) is 3. The standard InChI is InChI=1S/C21H25NO4/c1-5-11-25-19-10-9-17(13-20(19)24-4)21(23)22-18-8-6-7-16(12-18)14-26-15(2)3/h5-10,12-13,15H,1,11,14H2,2-4H3,(H,22,23). The Hall–Kier alpha value is -2.79. The van der Waals surface area contributed by atoms with Gasteiger partial charge in [-0.1, -0.05) is 24.8 Å². The highest BCUT2D eigenvalue weighted by atomic mass is 16.5. The molecule has 0 bridgehead atoms. The molecule has 2 aromatic carbocycles. The highest BCUT2D eigenvalue weighted by molar-refractivity contribution is 6.04. The van der Waals surface area contributed by atoms with Crippen molar-refractivity contribution in [1.29, 1.82) is 0 Å². The van der Waals surface area contributed by atoms with E-state index in [0.29, 0.717) is 36.0 Å². The molecule has 0 saturated carbocycles. The van der Waals surface area contributed by atoms with Gasteiger partial charge in [-0.25, -0.2) is 0 Å². The minimum absolute atomic E-state index is 0.155. The molecule has 2 rings (SSSR count). The van der Waals surface area contributed by atoms with Gasteiger partial charge in [0.15, 0.2) is 11.5 Å². The first kappa shape index (κ1) is 19.5. The fourth-order valence-electron chi connectivity index (χ4n) is 2.28. The Morgan fingerprint density at radius 2 is 2.00 bits per heavy atom. The fraction of sp³-hybridized carbons (Fsp3) is 0.286. The molecule has 0 aliphatic heterocycles. The highest BCUT2D eigenvalue weighted by Gasteiger charge is 2.11. The third-order valence-electron chi connectivity index (χ3n) is 3.55. The maximum Gasteiger partial charge on any atom is 0.255 e. The van der Waals surface area contributed by atoms with Crippen molar-refractivity contribution in [3.05, 3.63) is 66.2 Å². The molecule has 0 unspecified atom stereocenters. The fourth-order valence-corrected chi connectivity index (χ4v) is 2.28. The summed E-state index contributed by atoms with van der Waals surface area (Å²) in [5, 5.41) is 2.89. The van der Waals surface area contributed by atoms with Crippen LogP contribution in [0.4, 0.5) is 5.69 Å². The van der Waals surface area contributed by atoms with Crippen LogP contribution in [0.3, 0.4) is 0 Å². The summed E-state index contributed by atoms with van der Waals surface area (Å²) in [5.41, 5.74) is 2.20. The van der Waals surface area contributed by atoms with Crippen molar-refractivity contribution in [2.75, 3.05) is 19.0 Å². The molecule has 0 atom stereocenters. The molecule has 5 nitrogen and oxygen atoms in total. The molecule has 2 aromatic rings. The Kier molecular flexibility index (Phi) is 7.24. The summed E-state index contributed by atoms with van der Waals surface area (Å²) in [7, 11) is 1.54. The maximum absolute atomic E-state index is 12.5. The second kappa shape index (κ2) is 9.63. The van der Waals surface area contributed by atoms with Gasteiger partial charge in [0, 0.05) is 11.3 Å². The SMILES string of the molecule is C=CCOc1ccc(C(=O)Nc2cccc(COC(C)C)c2)cc1OC. The van der Waals surface area contributed by atoms with Crippen LogP contribution < -0.4 is 14.8 Å². The summed E-state index contributed by atoms with van der Waals surface area (Å²) in [5.74, 6) is 0.843. The van der Waals surface area contributed by atoms with Gasteiger partial charge in [-0.3, -0.25) is 4.79 Å². The molecule has 0 fully saturated rings. The number of carbonyl (C=O) groups is 1. The van der Waals surface area contributed by atoms with E-state index >= 15 is 0 Å². The normalized spacial score (nSPS) is 10.5. The van der Waals surface area contributed by atoms with Crippen molar-refractivity contribution in [3.63, 3.8) is 0 Å². The van der Waals surface area contributed by atoms with E-state index in [1.54, 1.807) is 24.3 Å². The van der Waals surface area contributed by atoms with Crippen molar-refractivity contribution >= 4 is 11.6 Å². The highest BCUT2D eigenvalue weighted by Crippen LogP contribution is 2.28. The van der Waals surface area contributed by atoms with Gasteiger partial charge < -0.3 is 19.5 Å². The number of hydrogen-bond acceptors (Lipinski definition) is 4. The summed E-state index contributed by atoms with van der Waals surface area (Å²) in [6, 6.07) is 12.7.